The third-order valence-electron chi connectivity index (χ3n) is 2.43. The van der Waals surface area contributed by atoms with Crippen LogP contribution in [0.15, 0.2) is 6.20 Å². The van der Waals surface area contributed by atoms with E-state index in [0.717, 1.165) is 17.8 Å². The van der Waals surface area contributed by atoms with Crippen LogP contribution in [-0.4, -0.2) is 36.3 Å². The van der Waals surface area contributed by atoms with E-state index in [9.17, 15) is 0 Å². The maximum Gasteiger partial charge on any atom is 0.225 e. The monoisotopic (exact) mass is 257 g/mol. The molecule has 0 unspecified atom stereocenters. The minimum absolute atomic E-state index is 0.254. The van der Waals surface area contributed by atoms with Gasteiger partial charge in [0.2, 0.25) is 5.95 Å². The highest BCUT2D eigenvalue weighted by atomic mass is 35.5. The third kappa shape index (κ3) is 4.48. The zero-order chi connectivity index (χ0) is 12.8. The molecule has 0 saturated carbocycles. The van der Waals surface area contributed by atoms with Crippen molar-refractivity contribution in [2.75, 3.05) is 25.1 Å². The van der Waals surface area contributed by atoms with E-state index in [2.05, 4.69) is 9.97 Å². The Morgan fingerprint density at radius 1 is 1.47 bits per heavy atom. The predicted octanol–water partition coefficient (Wildman–Crippen LogP) is 2.39. The Balaban J connectivity index is 2.57. The number of alkyl halides is 1. The minimum atomic E-state index is 0.254. The van der Waals surface area contributed by atoms with E-state index < -0.39 is 0 Å². The minimum Gasteiger partial charge on any atom is -0.377 e. The number of hydrogen-bond donors (Lipinski definition) is 0. The summed E-state index contributed by atoms with van der Waals surface area (Å²) in [5, 5.41) is 0. The molecule has 1 heterocycles. The van der Waals surface area contributed by atoms with Crippen LogP contribution in [0.5, 0.6) is 0 Å². The Labute approximate surface area is 108 Å². The van der Waals surface area contributed by atoms with Crippen LogP contribution in [0.25, 0.3) is 0 Å². The maximum absolute atomic E-state index is 5.77. The summed E-state index contributed by atoms with van der Waals surface area (Å²) in [7, 11) is 1.96. The molecular weight excluding hydrogens is 238 g/mol. The van der Waals surface area contributed by atoms with Crippen LogP contribution in [0.4, 0.5) is 5.95 Å². The van der Waals surface area contributed by atoms with Gasteiger partial charge in [-0.3, -0.25) is 0 Å². The lowest BCUT2D eigenvalue weighted by molar-refractivity contribution is 0.0844. The van der Waals surface area contributed by atoms with Gasteiger partial charge in [0, 0.05) is 31.0 Å². The smallest absolute Gasteiger partial charge is 0.225 e. The van der Waals surface area contributed by atoms with E-state index >= 15 is 0 Å². The van der Waals surface area contributed by atoms with Gasteiger partial charge in [0.1, 0.15) is 0 Å². The Bertz CT molecular complexity index is 358. The molecule has 17 heavy (non-hydrogen) atoms. The number of rotatable bonds is 6. The highest BCUT2D eigenvalue weighted by Gasteiger charge is 2.07. The largest absolute Gasteiger partial charge is 0.377 e. The molecule has 0 amide bonds. The zero-order valence-electron chi connectivity index (χ0n) is 10.9. The summed E-state index contributed by atoms with van der Waals surface area (Å²) in [5.41, 5.74) is 1.91. The number of aromatic nitrogens is 2. The first-order valence-electron chi connectivity index (χ1n) is 5.75. The second kappa shape index (κ2) is 6.77. The van der Waals surface area contributed by atoms with Gasteiger partial charge in [0.25, 0.3) is 0 Å². The molecule has 1 aromatic rings. The molecule has 1 aromatic heterocycles. The summed E-state index contributed by atoms with van der Waals surface area (Å²) < 4.78 is 5.49. The Hall–Kier alpha value is -0.870. The lowest BCUT2D eigenvalue weighted by atomic mass is 10.3. The van der Waals surface area contributed by atoms with Crippen LogP contribution in [0.3, 0.4) is 0 Å². The van der Waals surface area contributed by atoms with Crippen LogP contribution in [0.2, 0.25) is 0 Å². The molecule has 96 valence electrons. The standard InChI is InChI=1S/C12H20ClN3O/c1-9(2)17-6-5-16(4)12-14-8-11(7-13)10(3)15-12/h8-9H,5-7H2,1-4H3. The number of hydrogen-bond acceptors (Lipinski definition) is 4. The molecule has 0 N–H and O–H groups in total. The van der Waals surface area contributed by atoms with Gasteiger partial charge >= 0.3 is 0 Å². The van der Waals surface area contributed by atoms with Crippen molar-refractivity contribution in [2.45, 2.75) is 32.8 Å². The molecule has 0 radical (unpaired) electrons. The Morgan fingerprint density at radius 3 is 2.71 bits per heavy atom. The summed E-state index contributed by atoms with van der Waals surface area (Å²) in [6, 6.07) is 0. The van der Waals surface area contributed by atoms with Gasteiger partial charge in [-0.05, 0) is 20.8 Å². The molecule has 0 atom stereocenters. The van der Waals surface area contributed by atoms with Crippen LogP contribution in [0, 0.1) is 6.92 Å². The van der Waals surface area contributed by atoms with Gasteiger partial charge in [0.05, 0.1) is 18.6 Å². The average Bonchev–Trinajstić information content (AvgIpc) is 2.28. The lowest BCUT2D eigenvalue weighted by Crippen LogP contribution is -2.26. The number of anilines is 1. The van der Waals surface area contributed by atoms with Crippen LogP contribution >= 0.6 is 11.6 Å². The first-order valence-corrected chi connectivity index (χ1v) is 6.29. The van der Waals surface area contributed by atoms with Crippen molar-refractivity contribution in [3.63, 3.8) is 0 Å². The van der Waals surface area contributed by atoms with E-state index in [1.165, 1.54) is 0 Å². The first-order chi connectivity index (χ1) is 8.04. The molecule has 0 saturated heterocycles. The van der Waals surface area contributed by atoms with Crippen LogP contribution in [-0.2, 0) is 10.6 Å². The van der Waals surface area contributed by atoms with Gasteiger partial charge in [-0.2, -0.15) is 0 Å². The van der Waals surface area contributed by atoms with Crippen LogP contribution in [0.1, 0.15) is 25.1 Å². The average molecular weight is 258 g/mol. The molecular formula is C12H20ClN3O. The summed E-state index contributed by atoms with van der Waals surface area (Å²) in [4.78, 5) is 10.7. The zero-order valence-corrected chi connectivity index (χ0v) is 11.7. The van der Waals surface area contributed by atoms with Crippen molar-refractivity contribution in [1.82, 2.24) is 9.97 Å². The van der Waals surface area contributed by atoms with Crippen molar-refractivity contribution in [2.24, 2.45) is 0 Å². The van der Waals surface area contributed by atoms with Gasteiger partial charge in [-0.25, -0.2) is 9.97 Å². The fourth-order valence-corrected chi connectivity index (χ4v) is 1.58. The molecule has 0 aromatic carbocycles. The van der Waals surface area contributed by atoms with E-state index in [-0.39, 0.29) is 6.10 Å². The van der Waals surface area contributed by atoms with Crippen molar-refractivity contribution in [1.29, 1.82) is 0 Å². The first kappa shape index (κ1) is 14.2. The van der Waals surface area contributed by atoms with Gasteiger partial charge in [-0.15, -0.1) is 11.6 Å². The van der Waals surface area contributed by atoms with Crippen molar-refractivity contribution < 1.29 is 4.74 Å². The van der Waals surface area contributed by atoms with Crippen LogP contribution < -0.4 is 4.90 Å². The second-order valence-corrected chi connectivity index (χ2v) is 4.52. The molecule has 0 aliphatic rings. The lowest BCUT2D eigenvalue weighted by Gasteiger charge is -2.18. The van der Waals surface area contributed by atoms with Gasteiger partial charge in [0.15, 0.2) is 0 Å². The number of aryl methyl sites for hydroxylation is 1. The highest BCUT2D eigenvalue weighted by molar-refractivity contribution is 6.17. The van der Waals surface area contributed by atoms with E-state index in [1.54, 1.807) is 6.20 Å². The van der Waals surface area contributed by atoms with Gasteiger partial charge in [-0.1, -0.05) is 0 Å². The quantitative estimate of drug-likeness (QED) is 0.734. The van der Waals surface area contributed by atoms with Crippen molar-refractivity contribution in [3.8, 4) is 0 Å². The summed E-state index contributed by atoms with van der Waals surface area (Å²) in [6.45, 7) is 7.44. The molecule has 0 aliphatic heterocycles. The number of likely N-dealkylation sites (N-methyl/N-ethyl adjacent to an activating group) is 1. The summed E-state index contributed by atoms with van der Waals surface area (Å²) >= 11 is 5.77. The van der Waals surface area contributed by atoms with Gasteiger partial charge < -0.3 is 9.64 Å². The Morgan fingerprint density at radius 2 is 2.18 bits per heavy atom. The molecule has 5 heteroatoms. The molecule has 0 spiro atoms. The second-order valence-electron chi connectivity index (χ2n) is 4.26. The topological polar surface area (TPSA) is 38.2 Å². The summed E-state index contributed by atoms with van der Waals surface area (Å²) in [5.74, 6) is 1.16. The predicted molar refractivity (Wildman–Crippen MR) is 70.7 cm³/mol. The third-order valence-corrected chi connectivity index (χ3v) is 2.72. The highest BCUT2D eigenvalue weighted by Crippen LogP contribution is 2.11. The van der Waals surface area contributed by atoms with E-state index in [0.29, 0.717) is 18.4 Å². The number of nitrogens with zero attached hydrogens (tertiary/aromatic N) is 3. The maximum atomic E-state index is 5.77. The SMILES string of the molecule is Cc1nc(N(C)CCOC(C)C)ncc1CCl. The molecule has 0 bridgehead atoms. The number of ether oxygens (including phenoxy) is 1. The molecule has 0 aliphatic carbocycles. The normalized spacial score (nSPS) is 10.9. The fourth-order valence-electron chi connectivity index (χ4n) is 1.32. The Kier molecular flexibility index (Phi) is 5.65. The fraction of sp³-hybridized carbons (Fsp3) is 0.667. The van der Waals surface area contributed by atoms with Crippen molar-refractivity contribution in [3.05, 3.63) is 17.5 Å². The molecule has 4 nitrogen and oxygen atoms in total. The molecule has 0 fully saturated rings. The van der Waals surface area contributed by atoms with E-state index in [1.807, 2.05) is 32.7 Å². The molecule has 1 rings (SSSR count). The number of halogens is 1. The van der Waals surface area contributed by atoms with E-state index in [4.69, 9.17) is 16.3 Å². The van der Waals surface area contributed by atoms with Crippen molar-refractivity contribution >= 4 is 17.5 Å². The summed E-state index contributed by atoms with van der Waals surface area (Å²) in [6.07, 6.45) is 2.04.